The minimum atomic E-state index is -4.67. The molecule has 0 aromatic heterocycles. The van der Waals surface area contributed by atoms with Gasteiger partial charge in [-0.25, -0.2) is 4.39 Å². The number of methoxy groups -OCH3 is 1. The topological polar surface area (TPSA) is 9.23 Å². The first-order chi connectivity index (χ1) is 6.36. The molecule has 1 aromatic rings. The maximum absolute atomic E-state index is 13.0. The highest BCUT2D eigenvalue weighted by Crippen LogP contribution is 2.36. The zero-order chi connectivity index (χ0) is 10.9. The van der Waals surface area contributed by atoms with E-state index in [1.54, 1.807) is 0 Å². The fourth-order valence-electron chi connectivity index (χ4n) is 0.939. The number of ether oxygens (including phenoxy) is 1. The molecule has 0 fully saturated rings. The first kappa shape index (κ1) is 11.5. The van der Waals surface area contributed by atoms with E-state index in [-0.39, 0.29) is 9.32 Å². The first-order valence-electron chi connectivity index (χ1n) is 3.46. The van der Waals surface area contributed by atoms with Gasteiger partial charge in [0, 0.05) is 9.64 Å². The third kappa shape index (κ3) is 2.28. The van der Waals surface area contributed by atoms with Gasteiger partial charge in [-0.3, -0.25) is 0 Å². The van der Waals surface area contributed by atoms with Gasteiger partial charge in [-0.05, 0) is 28.7 Å². The third-order valence-electron chi connectivity index (χ3n) is 1.53. The van der Waals surface area contributed by atoms with Crippen LogP contribution < -0.4 is 4.74 Å². The van der Waals surface area contributed by atoms with Crippen molar-refractivity contribution in [3.63, 3.8) is 0 Å². The van der Waals surface area contributed by atoms with E-state index in [1.165, 1.54) is 29.7 Å². The van der Waals surface area contributed by atoms with Crippen molar-refractivity contribution < 1.29 is 22.3 Å². The van der Waals surface area contributed by atoms with E-state index >= 15 is 0 Å². The maximum Gasteiger partial charge on any atom is 0.420 e. The van der Waals surface area contributed by atoms with Crippen molar-refractivity contribution in [2.45, 2.75) is 6.18 Å². The number of halogens is 5. The van der Waals surface area contributed by atoms with E-state index in [2.05, 4.69) is 4.74 Å². The molecular formula is C8H5F4IO. The molecule has 0 aliphatic rings. The number of rotatable bonds is 1. The van der Waals surface area contributed by atoms with E-state index < -0.39 is 17.6 Å². The van der Waals surface area contributed by atoms with Crippen molar-refractivity contribution in [3.05, 3.63) is 27.1 Å². The lowest BCUT2D eigenvalue weighted by Gasteiger charge is -2.11. The van der Waals surface area contributed by atoms with Crippen molar-refractivity contribution in [2.24, 2.45) is 0 Å². The standard InChI is InChI=1S/C8H5F4IO/c1-14-4-2-5(9)7(6(13)3-4)8(10,11)12/h2-3H,1H3. The second kappa shape index (κ2) is 3.92. The van der Waals surface area contributed by atoms with Crippen molar-refractivity contribution in [1.29, 1.82) is 0 Å². The third-order valence-corrected chi connectivity index (χ3v) is 2.39. The van der Waals surface area contributed by atoms with E-state index in [0.717, 1.165) is 6.07 Å². The Balaban J connectivity index is 3.33. The van der Waals surface area contributed by atoms with Crippen LogP contribution in [0.4, 0.5) is 17.6 Å². The maximum atomic E-state index is 13.0. The molecule has 0 heterocycles. The van der Waals surface area contributed by atoms with Crippen LogP contribution in [0.15, 0.2) is 12.1 Å². The minimum absolute atomic E-state index is 0.0694. The Kier molecular flexibility index (Phi) is 3.23. The molecular weight excluding hydrogens is 315 g/mol. The van der Waals surface area contributed by atoms with Crippen LogP contribution in [0.3, 0.4) is 0 Å². The molecule has 0 saturated carbocycles. The van der Waals surface area contributed by atoms with Gasteiger partial charge in [0.05, 0.1) is 7.11 Å². The number of hydrogen-bond acceptors (Lipinski definition) is 1. The lowest BCUT2D eigenvalue weighted by atomic mass is 10.2. The lowest BCUT2D eigenvalue weighted by Crippen LogP contribution is -2.10. The molecule has 0 bridgehead atoms. The second-order valence-electron chi connectivity index (χ2n) is 2.46. The molecule has 0 radical (unpaired) electrons. The SMILES string of the molecule is COc1cc(F)c(C(F)(F)F)c(I)c1. The highest BCUT2D eigenvalue weighted by molar-refractivity contribution is 14.1. The summed E-state index contributed by atoms with van der Waals surface area (Å²) in [7, 11) is 1.26. The number of alkyl halides is 3. The molecule has 14 heavy (non-hydrogen) atoms. The molecule has 0 atom stereocenters. The summed E-state index contributed by atoms with van der Waals surface area (Å²) >= 11 is 1.42. The molecule has 0 aliphatic heterocycles. The Morgan fingerprint density at radius 3 is 2.21 bits per heavy atom. The fourth-order valence-corrected chi connectivity index (χ4v) is 1.81. The second-order valence-corrected chi connectivity index (χ2v) is 3.63. The Labute approximate surface area is 91.2 Å². The van der Waals surface area contributed by atoms with Gasteiger partial charge in [0.15, 0.2) is 0 Å². The van der Waals surface area contributed by atoms with Gasteiger partial charge in [0.25, 0.3) is 0 Å². The monoisotopic (exact) mass is 320 g/mol. The molecule has 0 unspecified atom stereocenters. The van der Waals surface area contributed by atoms with Gasteiger partial charge >= 0.3 is 6.18 Å². The summed E-state index contributed by atoms with van der Waals surface area (Å²) < 4.78 is 54.2. The molecule has 1 nitrogen and oxygen atoms in total. The molecule has 0 aliphatic carbocycles. The average Bonchev–Trinajstić information content (AvgIpc) is 1.99. The van der Waals surface area contributed by atoms with Crippen LogP contribution in [0.2, 0.25) is 0 Å². The molecule has 1 rings (SSSR count). The van der Waals surface area contributed by atoms with E-state index in [0.29, 0.717) is 6.07 Å². The molecule has 0 spiro atoms. The highest BCUT2D eigenvalue weighted by atomic mass is 127. The Morgan fingerprint density at radius 1 is 1.29 bits per heavy atom. The quantitative estimate of drug-likeness (QED) is 0.569. The molecule has 0 saturated heterocycles. The Bertz CT molecular complexity index is 325. The van der Waals surface area contributed by atoms with Crippen molar-refractivity contribution in [3.8, 4) is 5.75 Å². The predicted octanol–water partition coefficient (Wildman–Crippen LogP) is 3.46. The predicted molar refractivity (Wildman–Crippen MR) is 50.7 cm³/mol. The van der Waals surface area contributed by atoms with Crippen LogP contribution in [0.25, 0.3) is 0 Å². The molecule has 0 N–H and O–H groups in total. The van der Waals surface area contributed by atoms with Crippen LogP contribution in [-0.4, -0.2) is 7.11 Å². The van der Waals surface area contributed by atoms with Crippen LogP contribution in [0.5, 0.6) is 5.75 Å². The summed E-state index contributed by atoms with van der Waals surface area (Å²) in [6, 6.07) is 1.84. The van der Waals surface area contributed by atoms with Gasteiger partial charge in [-0.15, -0.1) is 0 Å². The number of benzene rings is 1. The van der Waals surface area contributed by atoms with Crippen LogP contribution in [0.1, 0.15) is 5.56 Å². The lowest BCUT2D eigenvalue weighted by molar-refractivity contribution is -0.140. The fraction of sp³-hybridized carbons (Fsp3) is 0.250. The van der Waals surface area contributed by atoms with Crippen molar-refractivity contribution in [2.75, 3.05) is 7.11 Å². The summed E-state index contributed by atoms with van der Waals surface area (Å²) in [4.78, 5) is 0. The average molecular weight is 320 g/mol. The zero-order valence-electron chi connectivity index (χ0n) is 6.95. The highest BCUT2D eigenvalue weighted by Gasteiger charge is 2.36. The minimum Gasteiger partial charge on any atom is -0.497 e. The summed E-state index contributed by atoms with van der Waals surface area (Å²) in [5.41, 5.74) is -1.25. The van der Waals surface area contributed by atoms with E-state index in [4.69, 9.17) is 0 Å². The van der Waals surface area contributed by atoms with Gasteiger partial charge in [0.2, 0.25) is 0 Å². The summed E-state index contributed by atoms with van der Waals surface area (Å²) in [5.74, 6) is -1.25. The summed E-state index contributed by atoms with van der Waals surface area (Å²) in [6.07, 6.45) is -4.67. The van der Waals surface area contributed by atoms with Crippen LogP contribution in [-0.2, 0) is 6.18 Å². The van der Waals surface area contributed by atoms with Crippen LogP contribution in [0, 0.1) is 9.39 Å². The summed E-state index contributed by atoms with van der Waals surface area (Å²) in [5, 5.41) is 0. The number of hydrogen-bond donors (Lipinski definition) is 0. The molecule has 6 heteroatoms. The van der Waals surface area contributed by atoms with E-state index in [9.17, 15) is 17.6 Å². The molecule has 0 amide bonds. The first-order valence-corrected chi connectivity index (χ1v) is 4.54. The smallest absolute Gasteiger partial charge is 0.420 e. The summed E-state index contributed by atoms with van der Waals surface area (Å²) in [6.45, 7) is 0. The van der Waals surface area contributed by atoms with Gasteiger partial charge in [0.1, 0.15) is 17.1 Å². The Hall–Kier alpha value is -0.530. The van der Waals surface area contributed by atoms with Gasteiger partial charge in [-0.2, -0.15) is 13.2 Å². The van der Waals surface area contributed by atoms with E-state index in [1.807, 2.05) is 0 Å². The van der Waals surface area contributed by atoms with Gasteiger partial charge in [-0.1, -0.05) is 0 Å². The van der Waals surface area contributed by atoms with Crippen LogP contribution >= 0.6 is 22.6 Å². The molecule has 1 aromatic carbocycles. The molecule has 78 valence electrons. The van der Waals surface area contributed by atoms with Crippen molar-refractivity contribution >= 4 is 22.6 Å². The zero-order valence-corrected chi connectivity index (χ0v) is 9.11. The van der Waals surface area contributed by atoms with Crippen molar-refractivity contribution in [1.82, 2.24) is 0 Å². The normalized spacial score (nSPS) is 11.6. The largest absolute Gasteiger partial charge is 0.497 e. The Morgan fingerprint density at radius 2 is 1.86 bits per heavy atom. The van der Waals surface area contributed by atoms with Gasteiger partial charge < -0.3 is 4.74 Å².